The second-order valence-electron chi connectivity index (χ2n) is 17.2. The van der Waals surface area contributed by atoms with Crippen molar-refractivity contribution in [2.45, 2.75) is 262 Å². The maximum absolute atomic E-state index is 13.0. The zero-order valence-corrected chi connectivity index (χ0v) is 38.0. The van der Waals surface area contributed by atoms with Crippen LogP contribution >= 0.6 is 0 Å². The van der Waals surface area contributed by atoms with Gasteiger partial charge in [0.15, 0.2) is 6.29 Å². The van der Waals surface area contributed by atoms with E-state index < -0.39 is 49.5 Å². The SMILES string of the molecule is CCCCCC/C=C/CC/C=C/CC/C=C/C(O)C(COC1OC(CO)C(O)C(O)C1O)NC(=O)CCCCCCCCCCCCCCCCCCCCCCCC. The Morgan fingerprint density at radius 2 is 0.966 bits per heavy atom. The van der Waals surface area contributed by atoms with Gasteiger partial charge in [0.1, 0.15) is 24.4 Å². The molecule has 59 heavy (non-hydrogen) atoms. The van der Waals surface area contributed by atoms with E-state index in [1.807, 2.05) is 6.08 Å². The molecule has 0 spiro atoms. The van der Waals surface area contributed by atoms with Crippen molar-refractivity contribution < 1.29 is 39.8 Å². The summed E-state index contributed by atoms with van der Waals surface area (Å²) in [5.74, 6) is -0.189. The fourth-order valence-electron chi connectivity index (χ4n) is 7.72. The quantitative estimate of drug-likeness (QED) is 0.0263. The van der Waals surface area contributed by atoms with Crippen LogP contribution in [0.1, 0.15) is 219 Å². The largest absolute Gasteiger partial charge is 0.394 e. The molecule has 0 bridgehead atoms. The van der Waals surface area contributed by atoms with E-state index in [-0.39, 0.29) is 12.5 Å². The molecule has 0 aromatic heterocycles. The summed E-state index contributed by atoms with van der Waals surface area (Å²) in [6, 6.07) is -0.824. The van der Waals surface area contributed by atoms with E-state index in [0.29, 0.717) is 6.42 Å². The molecule has 7 atom stereocenters. The van der Waals surface area contributed by atoms with Gasteiger partial charge >= 0.3 is 0 Å². The number of aliphatic hydroxyl groups excluding tert-OH is 5. The third-order valence-corrected chi connectivity index (χ3v) is 11.7. The van der Waals surface area contributed by atoms with Crippen LogP contribution in [-0.4, -0.2) is 87.5 Å². The first kappa shape index (κ1) is 55.4. The molecule has 1 fully saturated rings. The Morgan fingerprint density at radius 3 is 1.42 bits per heavy atom. The zero-order valence-electron chi connectivity index (χ0n) is 38.0. The van der Waals surface area contributed by atoms with Crippen LogP contribution in [-0.2, 0) is 14.3 Å². The third kappa shape index (κ3) is 31.0. The average Bonchev–Trinajstić information content (AvgIpc) is 3.23. The highest BCUT2D eigenvalue weighted by atomic mass is 16.7. The van der Waals surface area contributed by atoms with Gasteiger partial charge < -0.3 is 40.3 Å². The predicted octanol–water partition coefficient (Wildman–Crippen LogP) is 10.8. The molecule has 1 saturated heterocycles. The van der Waals surface area contributed by atoms with Crippen molar-refractivity contribution in [3.05, 3.63) is 36.5 Å². The number of unbranched alkanes of at least 4 members (excludes halogenated alkanes) is 27. The molecule has 0 saturated carbocycles. The number of carbonyl (C=O) groups is 1. The van der Waals surface area contributed by atoms with E-state index in [2.05, 4.69) is 43.5 Å². The second kappa shape index (κ2) is 40.5. The number of rotatable bonds is 41. The lowest BCUT2D eigenvalue weighted by Gasteiger charge is -2.40. The number of carbonyl (C=O) groups excluding carboxylic acids is 1. The Bertz CT molecular complexity index is 1020. The van der Waals surface area contributed by atoms with Crippen LogP contribution < -0.4 is 5.32 Å². The van der Waals surface area contributed by atoms with Gasteiger partial charge in [0.25, 0.3) is 0 Å². The molecular weight excluding hydrogens is 743 g/mol. The summed E-state index contributed by atoms with van der Waals surface area (Å²) in [6.07, 6.45) is 43.4. The van der Waals surface area contributed by atoms with Crippen LogP contribution in [0, 0.1) is 0 Å². The number of aliphatic hydroxyl groups is 5. The smallest absolute Gasteiger partial charge is 0.220 e. The number of hydrogen-bond donors (Lipinski definition) is 6. The molecule has 1 rings (SSSR count). The maximum Gasteiger partial charge on any atom is 0.220 e. The summed E-state index contributed by atoms with van der Waals surface area (Å²) in [7, 11) is 0. The molecule has 6 N–H and O–H groups in total. The standard InChI is InChI=1S/C50H93NO8/c1-3-5-7-9-11-13-15-17-19-20-21-22-23-24-25-26-28-30-32-34-36-38-40-46(54)51-43(42-58-50-49(57)48(56)47(55)45(41-52)59-50)44(53)39-37-35-33-31-29-27-18-16-14-12-10-8-6-4-2/h14,16,29,31,37,39,43-45,47-50,52-53,55-57H,3-13,15,17-28,30,32-36,38,40-42H2,1-2H3,(H,51,54)/b16-14+,31-29+,39-37+. The molecule has 9 nitrogen and oxygen atoms in total. The molecule has 7 unspecified atom stereocenters. The normalized spacial score (nSPS) is 21.0. The molecule has 9 heteroatoms. The minimum absolute atomic E-state index is 0.189. The summed E-state index contributed by atoms with van der Waals surface area (Å²) in [6.45, 7) is 3.74. The first-order valence-electron chi connectivity index (χ1n) is 24.7. The van der Waals surface area contributed by atoms with Crippen LogP contribution in [0.3, 0.4) is 0 Å². The Hall–Kier alpha value is -1.59. The van der Waals surface area contributed by atoms with Gasteiger partial charge in [-0.3, -0.25) is 4.79 Å². The van der Waals surface area contributed by atoms with Gasteiger partial charge in [-0.1, -0.05) is 204 Å². The molecule has 1 heterocycles. The van der Waals surface area contributed by atoms with Crippen LogP contribution in [0.15, 0.2) is 36.5 Å². The first-order valence-corrected chi connectivity index (χ1v) is 24.7. The highest BCUT2D eigenvalue weighted by molar-refractivity contribution is 5.76. The van der Waals surface area contributed by atoms with Gasteiger partial charge in [0.2, 0.25) is 5.91 Å². The molecule has 0 radical (unpaired) electrons. The Kier molecular flexibility index (Phi) is 38.0. The van der Waals surface area contributed by atoms with Crippen molar-refractivity contribution >= 4 is 5.91 Å². The lowest BCUT2D eigenvalue weighted by Crippen LogP contribution is -2.60. The first-order chi connectivity index (χ1) is 28.8. The fraction of sp³-hybridized carbons (Fsp3) is 0.860. The van der Waals surface area contributed by atoms with Crippen LogP contribution in [0.5, 0.6) is 0 Å². The van der Waals surface area contributed by atoms with Gasteiger partial charge in [-0.2, -0.15) is 0 Å². The number of ether oxygens (including phenoxy) is 2. The summed E-state index contributed by atoms with van der Waals surface area (Å²) < 4.78 is 11.2. The van der Waals surface area contributed by atoms with Gasteiger partial charge in [-0.05, 0) is 44.9 Å². The monoisotopic (exact) mass is 836 g/mol. The summed E-state index contributed by atoms with van der Waals surface area (Å²) in [5.41, 5.74) is 0. The minimum atomic E-state index is -1.57. The topological polar surface area (TPSA) is 149 Å². The summed E-state index contributed by atoms with van der Waals surface area (Å²) in [4.78, 5) is 13.0. The molecule has 0 aromatic rings. The zero-order chi connectivity index (χ0) is 43.0. The van der Waals surface area contributed by atoms with Crippen LogP contribution in [0.2, 0.25) is 0 Å². The number of allylic oxidation sites excluding steroid dienone is 5. The van der Waals surface area contributed by atoms with Crippen molar-refractivity contribution in [2.75, 3.05) is 13.2 Å². The Labute approximate surface area is 361 Å². The van der Waals surface area contributed by atoms with E-state index in [0.717, 1.165) is 51.4 Å². The van der Waals surface area contributed by atoms with Gasteiger partial charge in [0, 0.05) is 6.42 Å². The van der Waals surface area contributed by atoms with E-state index in [1.54, 1.807) is 6.08 Å². The Balaban J connectivity index is 2.29. The van der Waals surface area contributed by atoms with Crippen molar-refractivity contribution in [2.24, 2.45) is 0 Å². The lowest BCUT2D eigenvalue weighted by molar-refractivity contribution is -0.302. The molecule has 1 amide bonds. The van der Waals surface area contributed by atoms with Crippen molar-refractivity contribution in [3.63, 3.8) is 0 Å². The summed E-state index contributed by atoms with van der Waals surface area (Å²) >= 11 is 0. The molecule has 0 aromatic carbocycles. The highest BCUT2D eigenvalue weighted by Gasteiger charge is 2.44. The second-order valence-corrected chi connectivity index (χ2v) is 17.2. The molecule has 0 aliphatic carbocycles. The van der Waals surface area contributed by atoms with E-state index in [9.17, 15) is 30.3 Å². The van der Waals surface area contributed by atoms with E-state index in [1.165, 1.54) is 148 Å². The van der Waals surface area contributed by atoms with Crippen LogP contribution in [0.25, 0.3) is 0 Å². The van der Waals surface area contributed by atoms with Gasteiger partial charge in [-0.15, -0.1) is 0 Å². The number of nitrogens with one attached hydrogen (secondary N) is 1. The van der Waals surface area contributed by atoms with Crippen molar-refractivity contribution in [1.82, 2.24) is 5.32 Å². The molecule has 346 valence electrons. The van der Waals surface area contributed by atoms with E-state index in [4.69, 9.17) is 9.47 Å². The minimum Gasteiger partial charge on any atom is -0.394 e. The lowest BCUT2D eigenvalue weighted by atomic mass is 9.99. The molecule has 1 aliphatic heterocycles. The number of amides is 1. The molecule has 1 aliphatic rings. The summed E-state index contributed by atoms with van der Waals surface area (Å²) in [5, 5.41) is 54.2. The molecular formula is C50H93NO8. The Morgan fingerprint density at radius 1 is 0.559 bits per heavy atom. The van der Waals surface area contributed by atoms with Crippen LogP contribution in [0.4, 0.5) is 0 Å². The van der Waals surface area contributed by atoms with Gasteiger partial charge in [-0.25, -0.2) is 0 Å². The average molecular weight is 836 g/mol. The highest BCUT2D eigenvalue weighted by Crippen LogP contribution is 2.23. The fourth-order valence-corrected chi connectivity index (χ4v) is 7.72. The maximum atomic E-state index is 13.0. The predicted molar refractivity (Wildman–Crippen MR) is 244 cm³/mol. The van der Waals surface area contributed by atoms with E-state index >= 15 is 0 Å². The third-order valence-electron chi connectivity index (χ3n) is 11.7. The van der Waals surface area contributed by atoms with Gasteiger partial charge in [0.05, 0.1) is 25.4 Å². The van der Waals surface area contributed by atoms with Crippen molar-refractivity contribution in [1.29, 1.82) is 0 Å². The number of hydrogen-bond acceptors (Lipinski definition) is 8. The van der Waals surface area contributed by atoms with Crippen molar-refractivity contribution in [3.8, 4) is 0 Å².